The third-order valence-electron chi connectivity index (χ3n) is 2.37. The molecule has 16 heavy (non-hydrogen) atoms. The number of carbonyl (C=O) groups is 1. The van der Waals surface area contributed by atoms with Gasteiger partial charge in [0.05, 0.1) is 0 Å². The second-order valence-electron chi connectivity index (χ2n) is 3.71. The number of alkyl halides is 2. The van der Waals surface area contributed by atoms with Crippen LogP contribution in [0.2, 0.25) is 0 Å². The highest BCUT2D eigenvalue weighted by molar-refractivity contribution is 6.04. The van der Waals surface area contributed by atoms with Gasteiger partial charge in [-0.15, -0.1) is 0 Å². The fourth-order valence-corrected chi connectivity index (χ4v) is 1.36. The van der Waals surface area contributed by atoms with Crippen molar-refractivity contribution in [2.45, 2.75) is 20.3 Å². The number of nitriles is 1. The number of hydrogen-bond donors (Lipinski definition) is 2. The third kappa shape index (κ3) is 2.66. The minimum Gasteiger partial charge on any atom is -0.410 e. The van der Waals surface area contributed by atoms with Crippen molar-refractivity contribution in [1.82, 2.24) is 5.32 Å². The van der Waals surface area contributed by atoms with Crippen LogP contribution in [0.4, 0.5) is 8.78 Å². The third-order valence-corrected chi connectivity index (χ3v) is 2.37. The SMILES string of the molecule is CNC(=O)C(C(F)F)C(C)(C)/C(C#N)=N/O. The molecule has 2 N–H and O–H groups in total. The lowest BCUT2D eigenvalue weighted by molar-refractivity contribution is -0.133. The van der Waals surface area contributed by atoms with Crippen LogP contribution in [-0.2, 0) is 4.79 Å². The largest absolute Gasteiger partial charge is 0.410 e. The number of nitrogens with zero attached hydrogens (tertiary/aromatic N) is 2. The van der Waals surface area contributed by atoms with Crippen LogP contribution in [0.3, 0.4) is 0 Å². The van der Waals surface area contributed by atoms with Gasteiger partial charge in [0.2, 0.25) is 5.91 Å². The standard InChI is InChI=1S/C9H13F2N3O2/c1-9(2,5(4-12)14-16)6(7(10)11)8(15)13-3/h6-7,16H,1-3H3,(H,13,15)/b14-5+. The van der Waals surface area contributed by atoms with Crippen LogP contribution in [-0.4, -0.2) is 30.3 Å². The van der Waals surface area contributed by atoms with Gasteiger partial charge in [-0.2, -0.15) is 5.26 Å². The van der Waals surface area contributed by atoms with Crippen LogP contribution in [0.5, 0.6) is 0 Å². The lowest BCUT2D eigenvalue weighted by Gasteiger charge is -2.30. The molecule has 0 aliphatic heterocycles. The normalized spacial score (nSPS) is 14.4. The zero-order valence-electron chi connectivity index (χ0n) is 9.16. The Morgan fingerprint density at radius 3 is 2.31 bits per heavy atom. The molecule has 0 saturated heterocycles. The van der Waals surface area contributed by atoms with Gasteiger partial charge in [-0.05, 0) is 0 Å². The van der Waals surface area contributed by atoms with E-state index in [1.165, 1.54) is 27.0 Å². The van der Waals surface area contributed by atoms with Crippen molar-refractivity contribution in [3.63, 3.8) is 0 Å². The average molecular weight is 233 g/mol. The molecule has 0 aromatic heterocycles. The Morgan fingerprint density at radius 2 is 2.06 bits per heavy atom. The molecule has 1 atom stereocenters. The summed E-state index contributed by atoms with van der Waals surface area (Å²) in [5.41, 5.74) is -2.06. The van der Waals surface area contributed by atoms with Crippen molar-refractivity contribution in [2.24, 2.45) is 16.5 Å². The van der Waals surface area contributed by atoms with E-state index in [0.29, 0.717) is 0 Å². The van der Waals surface area contributed by atoms with Gasteiger partial charge in [-0.1, -0.05) is 19.0 Å². The molecule has 0 aromatic rings. The Hall–Kier alpha value is -1.71. The van der Waals surface area contributed by atoms with E-state index in [1.807, 2.05) is 0 Å². The second-order valence-corrected chi connectivity index (χ2v) is 3.71. The summed E-state index contributed by atoms with van der Waals surface area (Å²) in [6.07, 6.45) is -2.96. The molecule has 5 nitrogen and oxygen atoms in total. The summed E-state index contributed by atoms with van der Waals surface area (Å²) in [6.45, 7) is 2.49. The molecule has 0 radical (unpaired) electrons. The molecule has 0 spiro atoms. The molecule has 1 amide bonds. The Kier molecular flexibility index (Phi) is 4.82. The molecule has 0 aromatic carbocycles. The predicted molar refractivity (Wildman–Crippen MR) is 52.2 cm³/mol. The average Bonchev–Trinajstić information content (AvgIpc) is 2.17. The van der Waals surface area contributed by atoms with E-state index in [2.05, 4.69) is 10.5 Å². The van der Waals surface area contributed by atoms with Crippen LogP contribution in [0.25, 0.3) is 0 Å². The fourth-order valence-electron chi connectivity index (χ4n) is 1.36. The molecular formula is C9H13F2N3O2. The van der Waals surface area contributed by atoms with E-state index in [1.54, 1.807) is 0 Å². The van der Waals surface area contributed by atoms with Crippen LogP contribution >= 0.6 is 0 Å². The van der Waals surface area contributed by atoms with E-state index in [-0.39, 0.29) is 0 Å². The van der Waals surface area contributed by atoms with Gasteiger partial charge in [-0.25, -0.2) is 8.78 Å². The Labute approximate surface area is 91.7 Å². The van der Waals surface area contributed by atoms with Gasteiger partial charge >= 0.3 is 0 Å². The molecule has 0 heterocycles. The number of oxime groups is 1. The van der Waals surface area contributed by atoms with Gasteiger partial charge in [0.15, 0.2) is 5.71 Å². The maximum absolute atomic E-state index is 12.8. The number of carbonyl (C=O) groups excluding carboxylic acids is 1. The molecule has 90 valence electrons. The highest BCUT2D eigenvalue weighted by Crippen LogP contribution is 2.33. The van der Waals surface area contributed by atoms with E-state index < -0.39 is 29.4 Å². The number of amides is 1. The molecule has 0 aliphatic rings. The topological polar surface area (TPSA) is 85.5 Å². The van der Waals surface area contributed by atoms with Crippen molar-refractivity contribution >= 4 is 11.6 Å². The minimum atomic E-state index is -2.96. The predicted octanol–water partition coefficient (Wildman–Crippen LogP) is 0.994. The maximum atomic E-state index is 12.8. The Bertz CT molecular complexity index is 334. The lowest BCUT2D eigenvalue weighted by atomic mass is 9.74. The zero-order chi connectivity index (χ0) is 12.9. The smallest absolute Gasteiger partial charge is 0.251 e. The van der Waals surface area contributed by atoms with E-state index in [0.717, 1.165) is 0 Å². The summed E-state index contributed by atoms with van der Waals surface area (Å²) in [5, 5.41) is 21.9. The lowest BCUT2D eigenvalue weighted by Crippen LogP contribution is -2.45. The first-order valence-corrected chi connectivity index (χ1v) is 4.45. The maximum Gasteiger partial charge on any atom is 0.251 e. The van der Waals surface area contributed by atoms with Crippen molar-refractivity contribution in [2.75, 3.05) is 7.05 Å². The summed E-state index contributed by atoms with van der Waals surface area (Å²) in [6, 6.07) is 1.49. The molecule has 7 heteroatoms. The number of halogens is 2. The quantitative estimate of drug-likeness (QED) is 0.431. The van der Waals surface area contributed by atoms with E-state index in [4.69, 9.17) is 10.5 Å². The summed E-state index contributed by atoms with van der Waals surface area (Å²) < 4.78 is 25.5. The van der Waals surface area contributed by atoms with Gasteiger partial charge in [0.1, 0.15) is 12.0 Å². The molecule has 0 bridgehead atoms. The van der Waals surface area contributed by atoms with Crippen molar-refractivity contribution in [3.05, 3.63) is 0 Å². The first-order valence-electron chi connectivity index (χ1n) is 4.45. The van der Waals surface area contributed by atoms with Gasteiger partial charge in [-0.3, -0.25) is 4.79 Å². The van der Waals surface area contributed by atoms with Crippen LogP contribution in [0.15, 0.2) is 5.16 Å². The Morgan fingerprint density at radius 1 is 1.56 bits per heavy atom. The zero-order valence-corrected chi connectivity index (χ0v) is 9.16. The van der Waals surface area contributed by atoms with Gasteiger partial charge in [0.25, 0.3) is 6.43 Å². The van der Waals surface area contributed by atoms with Gasteiger partial charge in [0, 0.05) is 12.5 Å². The van der Waals surface area contributed by atoms with Crippen molar-refractivity contribution < 1.29 is 18.8 Å². The minimum absolute atomic E-state index is 0.513. The van der Waals surface area contributed by atoms with Gasteiger partial charge < -0.3 is 10.5 Å². The molecular weight excluding hydrogens is 220 g/mol. The summed E-state index contributed by atoms with van der Waals surface area (Å²) >= 11 is 0. The molecule has 0 rings (SSSR count). The molecule has 0 fully saturated rings. The molecule has 0 saturated carbocycles. The number of hydrogen-bond acceptors (Lipinski definition) is 4. The van der Waals surface area contributed by atoms with Crippen molar-refractivity contribution in [1.29, 1.82) is 5.26 Å². The fraction of sp³-hybridized carbons (Fsp3) is 0.667. The van der Waals surface area contributed by atoms with Crippen molar-refractivity contribution in [3.8, 4) is 6.07 Å². The Balaban J connectivity index is 5.38. The van der Waals surface area contributed by atoms with Crippen LogP contribution < -0.4 is 5.32 Å². The number of rotatable bonds is 4. The second kappa shape index (κ2) is 5.39. The highest BCUT2D eigenvalue weighted by Gasteiger charge is 2.45. The van der Waals surface area contributed by atoms with Crippen LogP contribution in [0.1, 0.15) is 13.8 Å². The highest BCUT2D eigenvalue weighted by atomic mass is 19.3. The molecule has 0 aliphatic carbocycles. The van der Waals surface area contributed by atoms with E-state index >= 15 is 0 Å². The monoisotopic (exact) mass is 233 g/mol. The molecule has 1 unspecified atom stereocenters. The number of nitrogens with one attached hydrogen (secondary N) is 1. The van der Waals surface area contributed by atoms with E-state index in [9.17, 15) is 13.6 Å². The first kappa shape index (κ1) is 14.3. The summed E-state index contributed by atoms with van der Waals surface area (Å²) in [4.78, 5) is 11.3. The first-order chi connectivity index (χ1) is 7.32. The summed E-state index contributed by atoms with van der Waals surface area (Å²) in [5.74, 6) is -2.65. The summed E-state index contributed by atoms with van der Waals surface area (Å²) in [7, 11) is 1.22. The van der Waals surface area contributed by atoms with Crippen LogP contribution in [0, 0.1) is 22.7 Å².